The first-order valence-corrected chi connectivity index (χ1v) is 18.2. The second kappa shape index (κ2) is 13.9. The maximum atomic E-state index is 5.10. The van der Waals surface area contributed by atoms with Crippen molar-refractivity contribution in [2.24, 2.45) is 4.99 Å². The van der Waals surface area contributed by atoms with Gasteiger partial charge in [0.1, 0.15) is 24.3 Å². The first kappa shape index (κ1) is 31.8. The van der Waals surface area contributed by atoms with E-state index in [0.717, 1.165) is 23.4 Å². The summed E-state index contributed by atoms with van der Waals surface area (Å²) in [7, 11) is 0. The summed E-state index contributed by atoms with van der Waals surface area (Å²) in [6, 6.07) is 56.1. The van der Waals surface area contributed by atoms with Crippen molar-refractivity contribution >= 4 is 28.5 Å². The minimum absolute atomic E-state index is 0.0517. The molecule has 0 saturated heterocycles. The maximum Gasteiger partial charge on any atom is 0.131 e. The van der Waals surface area contributed by atoms with Gasteiger partial charge in [-0.1, -0.05) is 158 Å². The predicted molar refractivity (Wildman–Crippen MR) is 216 cm³/mol. The monoisotopic (exact) mass is 675 g/mol. The van der Waals surface area contributed by atoms with Crippen LogP contribution in [0.2, 0.25) is 0 Å². The molecule has 5 nitrogen and oxygen atoms in total. The van der Waals surface area contributed by atoms with Gasteiger partial charge in [0.05, 0.1) is 17.1 Å². The summed E-state index contributed by atoms with van der Waals surface area (Å²) in [5.41, 5.74) is 13.3. The molecule has 0 aromatic heterocycles. The Morgan fingerprint density at radius 1 is 0.577 bits per heavy atom. The van der Waals surface area contributed by atoms with E-state index in [2.05, 4.69) is 192 Å². The highest BCUT2D eigenvalue weighted by molar-refractivity contribution is 5.99. The minimum atomic E-state index is -0.174. The number of anilines is 3. The maximum absolute atomic E-state index is 5.10. The van der Waals surface area contributed by atoms with Gasteiger partial charge in [-0.05, 0) is 64.9 Å². The van der Waals surface area contributed by atoms with Crippen LogP contribution >= 0.6 is 0 Å². The normalized spacial score (nSPS) is 20.7. The number of allylic oxidation sites excluding steroid dienone is 4. The predicted octanol–water partition coefficient (Wildman–Crippen LogP) is 10.7. The van der Waals surface area contributed by atoms with Crippen LogP contribution in [-0.2, 0) is 0 Å². The van der Waals surface area contributed by atoms with Crippen molar-refractivity contribution in [2.45, 2.75) is 37.8 Å². The second-order valence-electron chi connectivity index (χ2n) is 13.7. The van der Waals surface area contributed by atoms with Crippen molar-refractivity contribution < 1.29 is 0 Å². The number of hydrogen-bond donors (Lipinski definition) is 3. The molecule has 4 unspecified atom stereocenters. The highest BCUT2D eigenvalue weighted by Gasteiger charge is 2.29. The first-order valence-electron chi connectivity index (χ1n) is 18.2. The smallest absolute Gasteiger partial charge is 0.131 e. The van der Waals surface area contributed by atoms with Crippen molar-refractivity contribution in [3.8, 4) is 11.1 Å². The third kappa shape index (κ3) is 6.21. The Morgan fingerprint density at radius 2 is 1.21 bits per heavy atom. The Labute approximate surface area is 306 Å². The van der Waals surface area contributed by atoms with Gasteiger partial charge in [-0.25, -0.2) is 4.99 Å². The number of nitrogens with one attached hydrogen (secondary N) is 3. The summed E-state index contributed by atoms with van der Waals surface area (Å²) in [6.45, 7) is 2.22. The van der Waals surface area contributed by atoms with Crippen LogP contribution in [0.25, 0.3) is 16.7 Å². The Bertz CT molecular complexity index is 2270. The molecule has 3 N–H and O–H groups in total. The number of amidine groups is 1. The number of fused-ring (bicyclic) bond motifs is 1. The van der Waals surface area contributed by atoms with Crippen LogP contribution in [0.5, 0.6) is 0 Å². The molecule has 0 saturated carbocycles. The number of hydrogen-bond acceptors (Lipinski definition) is 5. The van der Waals surface area contributed by atoms with E-state index in [1.807, 2.05) is 12.1 Å². The molecule has 254 valence electrons. The SMILES string of the molecule is CC1Nc2ccccc2N1c1ccccc1C1=CCC(c2ccc(-c3ccc(C4N=C(c5ccccc5)NC(c5ccccc5)N4)cc3)cc2)C=C1. The molecular formula is C47H41N5. The average Bonchev–Trinajstić information content (AvgIpc) is 3.57. The lowest BCUT2D eigenvalue weighted by Gasteiger charge is -2.32. The summed E-state index contributed by atoms with van der Waals surface area (Å²) >= 11 is 0. The zero-order valence-corrected chi connectivity index (χ0v) is 29.2. The summed E-state index contributed by atoms with van der Waals surface area (Å²) in [5, 5.41) is 11.0. The molecule has 0 spiro atoms. The van der Waals surface area contributed by atoms with Crippen LogP contribution in [0.4, 0.5) is 17.1 Å². The van der Waals surface area contributed by atoms with E-state index in [0.29, 0.717) is 5.92 Å². The fourth-order valence-corrected chi connectivity index (χ4v) is 7.71. The van der Waals surface area contributed by atoms with Crippen LogP contribution in [-0.4, -0.2) is 12.0 Å². The van der Waals surface area contributed by atoms with Crippen molar-refractivity contribution in [1.29, 1.82) is 0 Å². The molecule has 0 amide bonds. The van der Waals surface area contributed by atoms with Gasteiger partial charge < -0.3 is 15.5 Å². The molecule has 9 rings (SSSR count). The average molecular weight is 676 g/mol. The van der Waals surface area contributed by atoms with Gasteiger partial charge in [0.2, 0.25) is 0 Å². The van der Waals surface area contributed by atoms with Crippen LogP contribution in [0.15, 0.2) is 181 Å². The third-order valence-electron chi connectivity index (χ3n) is 10.4. The standard InChI is InChI=1S/C47H41N5/c1-32-48-42-17-9-11-19-44(42)52(32)43-18-10-8-16-41(43)37-28-24-35(25-29-37)33-20-22-34(23-21-33)36-26-30-40(31-27-36)47-50-45(38-12-4-2-5-13-38)49-46(51-47)39-14-6-3-7-15-39/h2-24,26-32,35,45,47-48,50H,25H2,1H3,(H,49,51). The Balaban J connectivity index is 0.904. The van der Waals surface area contributed by atoms with E-state index in [1.165, 1.54) is 50.5 Å². The summed E-state index contributed by atoms with van der Waals surface area (Å²) in [4.78, 5) is 7.52. The third-order valence-corrected chi connectivity index (χ3v) is 10.4. The molecule has 6 aromatic rings. The zero-order valence-electron chi connectivity index (χ0n) is 29.2. The first-order chi connectivity index (χ1) is 25.7. The highest BCUT2D eigenvalue weighted by Crippen LogP contribution is 2.43. The molecule has 1 aliphatic carbocycles. The van der Waals surface area contributed by atoms with E-state index >= 15 is 0 Å². The topological polar surface area (TPSA) is 51.7 Å². The van der Waals surface area contributed by atoms with E-state index in [9.17, 15) is 0 Å². The highest BCUT2D eigenvalue weighted by atomic mass is 15.3. The largest absolute Gasteiger partial charge is 0.363 e. The van der Waals surface area contributed by atoms with Crippen molar-refractivity contribution in [3.05, 3.63) is 204 Å². The van der Waals surface area contributed by atoms with Gasteiger partial charge in [0.25, 0.3) is 0 Å². The van der Waals surface area contributed by atoms with Gasteiger partial charge in [-0.3, -0.25) is 5.32 Å². The van der Waals surface area contributed by atoms with E-state index in [1.54, 1.807) is 0 Å². The molecule has 4 atom stereocenters. The molecule has 2 aliphatic heterocycles. The summed E-state index contributed by atoms with van der Waals surface area (Å²) in [6.07, 6.45) is 8.01. The number of rotatable bonds is 7. The van der Waals surface area contributed by atoms with Gasteiger partial charge in [-0.15, -0.1) is 0 Å². The van der Waals surface area contributed by atoms with Crippen LogP contribution in [0.3, 0.4) is 0 Å². The summed E-state index contributed by atoms with van der Waals surface area (Å²) < 4.78 is 0. The van der Waals surface area contributed by atoms with Gasteiger partial charge in [-0.2, -0.15) is 0 Å². The van der Waals surface area contributed by atoms with Crippen LogP contribution in [0, 0.1) is 0 Å². The summed E-state index contributed by atoms with van der Waals surface area (Å²) in [5.74, 6) is 1.24. The lowest BCUT2D eigenvalue weighted by Crippen LogP contribution is -2.44. The number of para-hydroxylation sites is 3. The van der Waals surface area contributed by atoms with E-state index < -0.39 is 0 Å². The number of aliphatic imine (C=N–C) groups is 1. The number of nitrogens with zero attached hydrogens (tertiary/aromatic N) is 2. The van der Waals surface area contributed by atoms with Crippen molar-refractivity contribution in [1.82, 2.24) is 10.6 Å². The molecule has 3 aliphatic rings. The van der Waals surface area contributed by atoms with E-state index in [4.69, 9.17) is 4.99 Å². The lowest BCUT2D eigenvalue weighted by atomic mass is 9.87. The molecule has 0 fully saturated rings. The quantitative estimate of drug-likeness (QED) is 0.158. The Morgan fingerprint density at radius 3 is 1.92 bits per heavy atom. The van der Waals surface area contributed by atoms with Gasteiger partial charge >= 0.3 is 0 Å². The minimum Gasteiger partial charge on any atom is -0.363 e. The van der Waals surface area contributed by atoms with E-state index in [-0.39, 0.29) is 18.5 Å². The zero-order chi connectivity index (χ0) is 34.9. The fraction of sp³-hybridized carbons (Fsp3) is 0.128. The van der Waals surface area contributed by atoms with Gasteiger partial charge in [0.15, 0.2) is 0 Å². The fourth-order valence-electron chi connectivity index (χ4n) is 7.71. The van der Waals surface area contributed by atoms with Crippen molar-refractivity contribution in [2.75, 3.05) is 10.2 Å². The van der Waals surface area contributed by atoms with Crippen LogP contribution in [0.1, 0.15) is 59.4 Å². The number of benzene rings is 6. The molecule has 0 radical (unpaired) electrons. The Hall–Kier alpha value is -6.17. The van der Waals surface area contributed by atoms with Crippen LogP contribution < -0.4 is 20.9 Å². The lowest BCUT2D eigenvalue weighted by molar-refractivity contribution is 0.409. The molecule has 6 aromatic carbocycles. The molecule has 5 heteroatoms. The molecule has 0 bridgehead atoms. The molecule has 2 heterocycles. The molecular weight excluding hydrogens is 635 g/mol. The molecule has 52 heavy (non-hydrogen) atoms. The Kier molecular flexibility index (Phi) is 8.47. The van der Waals surface area contributed by atoms with Gasteiger partial charge in [0, 0.05) is 17.0 Å². The van der Waals surface area contributed by atoms with Crippen molar-refractivity contribution in [3.63, 3.8) is 0 Å². The second-order valence-corrected chi connectivity index (χ2v) is 13.7.